The van der Waals surface area contributed by atoms with Crippen LogP contribution < -0.4 is 4.74 Å². The van der Waals surface area contributed by atoms with E-state index in [0.717, 1.165) is 11.1 Å². The van der Waals surface area contributed by atoms with Gasteiger partial charge in [-0.05, 0) is 23.8 Å². The molecule has 8 heteroatoms. The number of halogens is 2. The molecule has 0 radical (unpaired) electrons. The highest BCUT2D eigenvalue weighted by Gasteiger charge is 2.54. The zero-order valence-corrected chi connectivity index (χ0v) is 16.8. The van der Waals surface area contributed by atoms with E-state index in [1.165, 1.54) is 12.1 Å². The van der Waals surface area contributed by atoms with Gasteiger partial charge in [0.15, 0.2) is 5.82 Å². The van der Waals surface area contributed by atoms with Crippen LogP contribution in [0, 0.1) is 5.82 Å². The number of rotatable bonds is 7. The van der Waals surface area contributed by atoms with Crippen LogP contribution in [0.4, 0.5) is 4.39 Å². The molecular formula is C22H18ClFN2O4. The molecule has 1 aliphatic rings. The first-order valence-electron chi connectivity index (χ1n) is 9.25. The molecule has 1 aromatic heterocycles. The van der Waals surface area contributed by atoms with Gasteiger partial charge in [0, 0.05) is 37.1 Å². The fourth-order valence-electron chi connectivity index (χ4n) is 3.00. The third-order valence-electron chi connectivity index (χ3n) is 4.83. The maximum absolute atomic E-state index is 14.0. The average molecular weight is 429 g/mol. The Balaban J connectivity index is 1.77. The van der Waals surface area contributed by atoms with Gasteiger partial charge in [0.2, 0.25) is 11.5 Å². The van der Waals surface area contributed by atoms with Crippen LogP contribution in [-0.4, -0.2) is 33.8 Å². The van der Waals surface area contributed by atoms with Crippen LogP contribution >= 0.6 is 11.6 Å². The highest BCUT2D eigenvalue weighted by atomic mass is 35.5. The highest BCUT2D eigenvalue weighted by molar-refractivity contribution is 6.30. The van der Waals surface area contributed by atoms with Crippen LogP contribution in [-0.2, 0) is 16.1 Å². The third-order valence-corrected chi connectivity index (χ3v) is 5.14. The van der Waals surface area contributed by atoms with E-state index in [9.17, 15) is 14.3 Å². The summed E-state index contributed by atoms with van der Waals surface area (Å²) in [5.41, 5.74) is 1.43. The lowest BCUT2D eigenvalue weighted by Crippen LogP contribution is -2.29. The number of hydrogen-bond acceptors (Lipinski definition) is 5. The van der Waals surface area contributed by atoms with Gasteiger partial charge >= 0.3 is 5.97 Å². The average Bonchev–Trinajstić information content (AvgIpc) is 3.51. The van der Waals surface area contributed by atoms with Gasteiger partial charge in [-0.1, -0.05) is 35.9 Å². The topological polar surface area (TPSA) is 81.5 Å². The molecule has 0 spiro atoms. The minimum Gasteiger partial charge on any atom is -0.478 e. The monoisotopic (exact) mass is 428 g/mol. The molecule has 30 heavy (non-hydrogen) atoms. The number of nitrogens with zero attached hydrogens (tertiary/aromatic N) is 2. The number of benzene rings is 2. The van der Waals surface area contributed by atoms with Crippen LogP contribution in [0.15, 0.2) is 48.5 Å². The predicted molar refractivity (Wildman–Crippen MR) is 109 cm³/mol. The van der Waals surface area contributed by atoms with Crippen molar-refractivity contribution in [2.24, 2.45) is 0 Å². The van der Waals surface area contributed by atoms with E-state index in [-0.39, 0.29) is 16.7 Å². The molecule has 154 valence electrons. The molecule has 1 heterocycles. The molecule has 1 N–H and O–H groups in total. The van der Waals surface area contributed by atoms with Crippen molar-refractivity contribution in [2.75, 3.05) is 7.11 Å². The number of carboxylic acid groups (broad SMARTS) is 1. The van der Waals surface area contributed by atoms with E-state index < -0.39 is 17.4 Å². The van der Waals surface area contributed by atoms with Gasteiger partial charge in [-0.3, -0.25) is 0 Å². The van der Waals surface area contributed by atoms with Crippen LogP contribution in [0.25, 0.3) is 22.6 Å². The van der Waals surface area contributed by atoms with Gasteiger partial charge in [-0.15, -0.1) is 0 Å². The highest BCUT2D eigenvalue weighted by Crippen LogP contribution is 2.41. The van der Waals surface area contributed by atoms with Crippen molar-refractivity contribution >= 4 is 17.6 Å². The van der Waals surface area contributed by atoms with Crippen molar-refractivity contribution < 1.29 is 23.8 Å². The molecule has 1 saturated carbocycles. The molecule has 1 aliphatic carbocycles. The Bertz CT molecular complexity index is 1100. The Labute approximate surface area is 177 Å². The summed E-state index contributed by atoms with van der Waals surface area (Å²) in [5, 5.41) is 9.43. The quantitative estimate of drug-likeness (QED) is 0.585. The van der Waals surface area contributed by atoms with E-state index in [1.54, 1.807) is 19.2 Å². The SMILES string of the molecule is COCc1ccc(-c2cc(OC3(C(=O)O)CC3)nc(-c3ccc(Cl)c(F)c3)n2)cc1. The zero-order valence-electron chi connectivity index (χ0n) is 16.1. The van der Waals surface area contributed by atoms with E-state index >= 15 is 0 Å². The van der Waals surface area contributed by atoms with Gasteiger partial charge in [-0.2, -0.15) is 4.98 Å². The number of aliphatic carboxylic acids is 1. The summed E-state index contributed by atoms with van der Waals surface area (Å²) in [4.78, 5) is 20.4. The third kappa shape index (κ3) is 4.13. The van der Waals surface area contributed by atoms with E-state index in [0.29, 0.717) is 30.7 Å². The number of methoxy groups -OCH3 is 1. The molecule has 0 atom stereocenters. The van der Waals surface area contributed by atoms with Gasteiger partial charge in [0.1, 0.15) is 5.82 Å². The number of hydrogen-bond donors (Lipinski definition) is 1. The standard InChI is InChI=1S/C22H18ClFN2O4/c1-29-12-13-2-4-14(5-3-13)18-11-19(30-22(8-9-22)21(27)28)26-20(25-18)15-6-7-16(23)17(24)10-15/h2-7,10-11H,8-9,12H2,1H3,(H,27,28). The smallest absolute Gasteiger partial charge is 0.348 e. The number of carbonyl (C=O) groups is 1. The van der Waals surface area contributed by atoms with Gasteiger partial charge in [-0.25, -0.2) is 14.2 Å². The Morgan fingerprint density at radius 2 is 1.83 bits per heavy atom. The molecule has 3 aromatic rings. The fraction of sp³-hybridized carbons (Fsp3) is 0.227. The predicted octanol–water partition coefficient (Wildman–Crippen LogP) is 4.75. The van der Waals surface area contributed by atoms with Crippen molar-refractivity contribution in [2.45, 2.75) is 25.0 Å². The fourth-order valence-corrected chi connectivity index (χ4v) is 3.12. The second-order valence-corrected chi connectivity index (χ2v) is 7.48. The lowest BCUT2D eigenvalue weighted by molar-refractivity contribution is -0.147. The zero-order chi connectivity index (χ0) is 21.3. The Morgan fingerprint density at radius 3 is 2.43 bits per heavy atom. The summed E-state index contributed by atoms with van der Waals surface area (Å²) in [6, 6.07) is 13.4. The maximum Gasteiger partial charge on any atom is 0.348 e. The number of aromatic nitrogens is 2. The maximum atomic E-state index is 14.0. The molecule has 0 bridgehead atoms. The van der Waals surface area contributed by atoms with Crippen molar-refractivity contribution in [1.82, 2.24) is 9.97 Å². The molecule has 0 unspecified atom stereocenters. The first-order chi connectivity index (χ1) is 14.4. The van der Waals surface area contributed by atoms with E-state index in [4.69, 9.17) is 21.1 Å². The normalized spacial score (nSPS) is 14.4. The molecule has 0 amide bonds. The van der Waals surface area contributed by atoms with E-state index in [2.05, 4.69) is 9.97 Å². The molecule has 2 aromatic carbocycles. The molecular weight excluding hydrogens is 411 g/mol. The van der Waals surface area contributed by atoms with Crippen molar-refractivity contribution in [3.8, 4) is 28.5 Å². The van der Waals surface area contributed by atoms with Crippen LogP contribution in [0.1, 0.15) is 18.4 Å². The second-order valence-electron chi connectivity index (χ2n) is 7.08. The summed E-state index contributed by atoms with van der Waals surface area (Å²) in [5.74, 6) is -1.31. The van der Waals surface area contributed by atoms with E-state index in [1.807, 2.05) is 24.3 Å². The van der Waals surface area contributed by atoms with Crippen molar-refractivity contribution in [3.63, 3.8) is 0 Å². The minimum atomic E-state index is -1.27. The molecule has 4 rings (SSSR count). The summed E-state index contributed by atoms with van der Waals surface area (Å²) in [6.07, 6.45) is 0.802. The Morgan fingerprint density at radius 1 is 1.13 bits per heavy atom. The van der Waals surface area contributed by atoms with Crippen LogP contribution in [0.3, 0.4) is 0 Å². The van der Waals surface area contributed by atoms with Crippen LogP contribution in [0.2, 0.25) is 5.02 Å². The Hall–Kier alpha value is -3.03. The number of carboxylic acids is 1. The van der Waals surface area contributed by atoms with Gasteiger partial charge < -0.3 is 14.6 Å². The summed E-state index contributed by atoms with van der Waals surface area (Å²) in [6.45, 7) is 0.481. The molecule has 6 nitrogen and oxygen atoms in total. The largest absolute Gasteiger partial charge is 0.478 e. The summed E-state index contributed by atoms with van der Waals surface area (Å²) in [7, 11) is 1.62. The summed E-state index contributed by atoms with van der Waals surface area (Å²) >= 11 is 5.78. The van der Waals surface area contributed by atoms with Crippen molar-refractivity contribution in [1.29, 1.82) is 0 Å². The molecule has 1 fully saturated rings. The summed E-state index contributed by atoms with van der Waals surface area (Å²) < 4.78 is 24.8. The number of ether oxygens (including phenoxy) is 2. The lowest BCUT2D eigenvalue weighted by Gasteiger charge is -2.15. The molecule has 0 aliphatic heterocycles. The molecule has 0 saturated heterocycles. The lowest BCUT2D eigenvalue weighted by atomic mass is 10.1. The Kier molecular flexibility index (Phi) is 5.40. The minimum absolute atomic E-state index is 0.0112. The first-order valence-corrected chi connectivity index (χ1v) is 9.63. The van der Waals surface area contributed by atoms with Gasteiger partial charge in [0.05, 0.1) is 17.3 Å². The van der Waals surface area contributed by atoms with Crippen LogP contribution in [0.5, 0.6) is 5.88 Å². The first kappa shape index (κ1) is 20.3. The van der Waals surface area contributed by atoms with Gasteiger partial charge in [0.25, 0.3) is 0 Å². The second kappa shape index (κ2) is 8.01. The van der Waals surface area contributed by atoms with Crippen molar-refractivity contribution in [3.05, 3.63) is 64.9 Å².